The Morgan fingerprint density at radius 3 is 2.82 bits per heavy atom. The summed E-state index contributed by atoms with van der Waals surface area (Å²) in [6.07, 6.45) is 4.19. The van der Waals surface area contributed by atoms with Gasteiger partial charge in [0.25, 0.3) is 5.91 Å². The molecule has 1 amide bonds. The van der Waals surface area contributed by atoms with Crippen molar-refractivity contribution in [1.82, 2.24) is 20.3 Å². The molecule has 0 aliphatic heterocycles. The van der Waals surface area contributed by atoms with Crippen LogP contribution in [0.4, 0.5) is 10.2 Å². The second-order valence-corrected chi connectivity index (χ2v) is 5.62. The van der Waals surface area contributed by atoms with Crippen LogP contribution in [0.3, 0.4) is 0 Å². The lowest BCUT2D eigenvalue weighted by Gasteiger charge is -2.10. The predicted molar refractivity (Wildman–Crippen MR) is 80.2 cm³/mol. The molecule has 1 saturated carbocycles. The fourth-order valence-electron chi connectivity index (χ4n) is 2.68. The topological polar surface area (TPSA) is 85.8 Å². The number of nitrogens with zero attached hydrogens (tertiary/aromatic N) is 3. The second kappa shape index (κ2) is 5.75. The molecular formula is C15H18FN5O. The summed E-state index contributed by atoms with van der Waals surface area (Å²) in [6.45, 7) is 1.67. The fraction of sp³-hybridized carbons (Fsp3) is 0.400. The van der Waals surface area contributed by atoms with Crippen molar-refractivity contribution >= 4 is 11.7 Å². The van der Waals surface area contributed by atoms with Gasteiger partial charge in [0.1, 0.15) is 5.82 Å². The number of carbonyl (C=O) groups is 1. The number of benzene rings is 1. The number of amides is 1. The van der Waals surface area contributed by atoms with E-state index in [2.05, 4.69) is 15.6 Å². The normalized spacial score (nSPS) is 15.2. The number of nitrogens with two attached hydrogens (primary N) is 1. The molecule has 0 spiro atoms. The van der Waals surface area contributed by atoms with Crippen LogP contribution < -0.4 is 11.1 Å². The summed E-state index contributed by atoms with van der Waals surface area (Å²) in [7, 11) is 0. The van der Waals surface area contributed by atoms with Crippen LogP contribution in [0.2, 0.25) is 0 Å². The molecule has 1 aromatic carbocycles. The molecule has 0 saturated heterocycles. The van der Waals surface area contributed by atoms with Gasteiger partial charge in [-0.2, -0.15) is 4.68 Å². The zero-order chi connectivity index (χ0) is 15.7. The van der Waals surface area contributed by atoms with Crippen molar-refractivity contribution in [3.8, 4) is 5.69 Å². The van der Waals surface area contributed by atoms with Crippen molar-refractivity contribution in [2.45, 2.75) is 38.6 Å². The Hall–Kier alpha value is -2.44. The van der Waals surface area contributed by atoms with E-state index in [0.717, 1.165) is 25.7 Å². The van der Waals surface area contributed by atoms with E-state index in [1.54, 1.807) is 19.1 Å². The van der Waals surface area contributed by atoms with Crippen LogP contribution in [0, 0.1) is 12.7 Å². The standard InChI is InChI=1S/C15H18FN5O/c1-9-6-7-11(8-12(9)16)21-14(17)13(19-20-21)15(22)18-10-4-2-3-5-10/h6-8,10H,2-5,17H2,1H3,(H,18,22). The molecule has 0 unspecified atom stereocenters. The Labute approximate surface area is 127 Å². The minimum absolute atomic E-state index is 0.0767. The maximum atomic E-state index is 13.7. The molecule has 1 aliphatic carbocycles. The molecule has 6 nitrogen and oxygen atoms in total. The average Bonchev–Trinajstić information content (AvgIpc) is 3.11. The summed E-state index contributed by atoms with van der Waals surface area (Å²) < 4.78 is 14.9. The Morgan fingerprint density at radius 1 is 1.41 bits per heavy atom. The first-order valence-electron chi connectivity index (χ1n) is 7.35. The van der Waals surface area contributed by atoms with E-state index >= 15 is 0 Å². The Bertz CT molecular complexity index is 706. The summed E-state index contributed by atoms with van der Waals surface area (Å²) in [6, 6.07) is 4.81. The minimum Gasteiger partial charge on any atom is -0.382 e. The molecule has 22 heavy (non-hydrogen) atoms. The highest BCUT2D eigenvalue weighted by Crippen LogP contribution is 2.20. The van der Waals surface area contributed by atoms with Gasteiger partial charge in [-0.3, -0.25) is 4.79 Å². The quantitative estimate of drug-likeness (QED) is 0.907. The zero-order valence-corrected chi connectivity index (χ0v) is 12.3. The summed E-state index contributed by atoms with van der Waals surface area (Å²) in [5, 5.41) is 10.6. The molecule has 0 radical (unpaired) electrons. The molecule has 1 aliphatic rings. The van der Waals surface area contributed by atoms with Crippen LogP contribution in [0.5, 0.6) is 0 Å². The van der Waals surface area contributed by atoms with Crippen LogP contribution in [0.15, 0.2) is 18.2 Å². The molecule has 0 bridgehead atoms. The highest BCUT2D eigenvalue weighted by atomic mass is 19.1. The van der Waals surface area contributed by atoms with Gasteiger partial charge in [-0.05, 0) is 37.5 Å². The van der Waals surface area contributed by atoms with Gasteiger partial charge >= 0.3 is 0 Å². The Kier molecular flexibility index (Phi) is 3.79. The van der Waals surface area contributed by atoms with Crippen molar-refractivity contribution in [3.05, 3.63) is 35.3 Å². The van der Waals surface area contributed by atoms with Gasteiger partial charge in [0, 0.05) is 6.04 Å². The molecule has 3 N–H and O–H groups in total. The predicted octanol–water partition coefficient (Wildman–Crippen LogP) is 1.97. The molecule has 116 valence electrons. The number of rotatable bonds is 3. The summed E-state index contributed by atoms with van der Waals surface area (Å²) in [5.74, 6) is -0.577. The molecule has 1 aromatic heterocycles. The minimum atomic E-state index is -0.357. The largest absolute Gasteiger partial charge is 0.382 e. The van der Waals surface area contributed by atoms with E-state index in [1.807, 2.05) is 0 Å². The van der Waals surface area contributed by atoms with Gasteiger partial charge in [-0.25, -0.2) is 4.39 Å². The highest BCUT2D eigenvalue weighted by Gasteiger charge is 2.23. The van der Waals surface area contributed by atoms with Crippen molar-refractivity contribution in [2.24, 2.45) is 0 Å². The van der Waals surface area contributed by atoms with E-state index in [0.29, 0.717) is 11.3 Å². The summed E-state index contributed by atoms with van der Waals surface area (Å²) in [5.41, 5.74) is 7.00. The van der Waals surface area contributed by atoms with Gasteiger partial charge in [0.2, 0.25) is 0 Å². The summed E-state index contributed by atoms with van der Waals surface area (Å²) >= 11 is 0. The number of halogens is 1. The molecular weight excluding hydrogens is 285 g/mol. The average molecular weight is 303 g/mol. The van der Waals surface area contributed by atoms with Crippen LogP contribution in [-0.2, 0) is 0 Å². The highest BCUT2D eigenvalue weighted by molar-refractivity contribution is 5.96. The first-order chi connectivity index (χ1) is 10.6. The number of nitrogens with one attached hydrogen (secondary N) is 1. The Balaban J connectivity index is 1.84. The van der Waals surface area contributed by atoms with Crippen LogP contribution in [0.1, 0.15) is 41.7 Å². The maximum Gasteiger partial charge on any atom is 0.275 e. The third kappa shape index (κ3) is 2.66. The number of aryl methyl sites for hydroxylation is 1. The number of carbonyl (C=O) groups excluding carboxylic acids is 1. The molecule has 1 fully saturated rings. The molecule has 0 atom stereocenters. The van der Waals surface area contributed by atoms with E-state index in [4.69, 9.17) is 5.73 Å². The van der Waals surface area contributed by atoms with Crippen LogP contribution in [-0.4, -0.2) is 26.9 Å². The third-order valence-electron chi connectivity index (χ3n) is 4.01. The van der Waals surface area contributed by atoms with Crippen LogP contribution >= 0.6 is 0 Å². The monoisotopic (exact) mass is 303 g/mol. The number of hydrogen-bond acceptors (Lipinski definition) is 4. The van der Waals surface area contributed by atoms with E-state index in [1.165, 1.54) is 10.7 Å². The fourth-order valence-corrected chi connectivity index (χ4v) is 2.68. The van der Waals surface area contributed by atoms with Gasteiger partial charge in [-0.1, -0.05) is 24.1 Å². The summed E-state index contributed by atoms with van der Waals surface area (Å²) in [4.78, 5) is 12.2. The lowest BCUT2D eigenvalue weighted by atomic mass is 10.2. The number of anilines is 1. The van der Waals surface area contributed by atoms with Crippen molar-refractivity contribution < 1.29 is 9.18 Å². The van der Waals surface area contributed by atoms with Crippen molar-refractivity contribution in [1.29, 1.82) is 0 Å². The van der Waals surface area contributed by atoms with Gasteiger partial charge in [0.15, 0.2) is 11.5 Å². The first-order valence-corrected chi connectivity index (χ1v) is 7.35. The zero-order valence-electron chi connectivity index (χ0n) is 12.3. The maximum absolute atomic E-state index is 13.7. The lowest BCUT2D eigenvalue weighted by Crippen LogP contribution is -2.33. The van der Waals surface area contributed by atoms with Crippen molar-refractivity contribution in [2.75, 3.05) is 5.73 Å². The molecule has 7 heteroatoms. The van der Waals surface area contributed by atoms with E-state index < -0.39 is 0 Å². The van der Waals surface area contributed by atoms with Gasteiger partial charge in [0.05, 0.1) is 5.69 Å². The Morgan fingerprint density at radius 2 is 2.14 bits per heavy atom. The van der Waals surface area contributed by atoms with Gasteiger partial charge in [-0.15, -0.1) is 5.10 Å². The number of nitrogen functional groups attached to an aromatic ring is 1. The van der Waals surface area contributed by atoms with Crippen LogP contribution in [0.25, 0.3) is 5.69 Å². The smallest absolute Gasteiger partial charge is 0.275 e. The lowest BCUT2D eigenvalue weighted by molar-refractivity contribution is 0.0933. The van der Waals surface area contributed by atoms with Gasteiger partial charge < -0.3 is 11.1 Å². The van der Waals surface area contributed by atoms with E-state index in [9.17, 15) is 9.18 Å². The molecule has 1 heterocycles. The molecule has 3 rings (SSSR count). The van der Waals surface area contributed by atoms with E-state index in [-0.39, 0.29) is 29.3 Å². The van der Waals surface area contributed by atoms with Crippen molar-refractivity contribution in [3.63, 3.8) is 0 Å². The second-order valence-electron chi connectivity index (χ2n) is 5.62. The SMILES string of the molecule is Cc1ccc(-n2nnc(C(=O)NC3CCCC3)c2N)cc1F. The first kappa shape index (κ1) is 14.5. The third-order valence-corrected chi connectivity index (χ3v) is 4.01. The molecule has 2 aromatic rings. The number of aromatic nitrogens is 3. The number of hydrogen-bond donors (Lipinski definition) is 2.